The number of allylic oxidation sites excluding steroid dienone is 3. The summed E-state index contributed by atoms with van der Waals surface area (Å²) < 4.78 is 5.56. The van der Waals surface area contributed by atoms with Gasteiger partial charge in [0.05, 0.1) is 18.3 Å². The second-order valence-electron chi connectivity index (χ2n) is 7.74. The van der Waals surface area contributed by atoms with E-state index in [0.717, 1.165) is 5.57 Å². The molecule has 5 atom stereocenters. The molecule has 24 heavy (non-hydrogen) atoms. The highest BCUT2D eigenvalue weighted by atomic mass is 16.5. The minimum atomic E-state index is -0.934. The van der Waals surface area contributed by atoms with Gasteiger partial charge in [-0.2, -0.15) is 0 Å². The number of ketones is 1. The predicted molar refractivity (Wildman–Crippen MR) is 89.4 cm³/mol. The zero-order chi connectivity index (χ0) is 17.6. The van der Waals surface area contributed by atoms with Gasteiger partial charge in [0, 0.05) is 24.0 Å². The monoisotopic (exact) mass is 336 g/mol. The van der Waals surface area contributed by atoms with Gasteiger partial charge in [0.25, 0.3) is 0 Å². The van der Waals surface area contributed by atoms with Crippen molar-refractivity contribution in [1.29, 1.82) is 0 Å². The Balaban J connectivity index is 2.03. The average Bonchev–Trinajstić information content (AvgIpc) is 2.53. The molecule has 1 unspecified atom stereocenters. The van der Waals surface area contributed by atoms with Crippen LogP contribution < -0.4 is 0 Å². The van der Waals surface area contributed by atoms with Gasteiger partial charge in [-0.05, 0) is 51.0 Å². The summed E-state index contributed by atoms with van der Waals surface area (Å²) in [5.74, 6) is -0.767. The molecule has 1 heterocycles. The van der Waals surface area contributed by atoms with Crippen LogP contribution in [0, 0.1) is 17.8 Å². The van der Waals surface area contributed by atoms with Crippen molar-refractivity contribution in [3.63, 3.8) is 0 Å². The number of hydrogen-bond acceptors (Lipinski definition) is 5. The van der Waals surface area contributed by atoms with Crippen LogP contribution in [-0.2, 0) is 9.53 Å². The molecule has 2 bridgehead atoms. The van der Waals surface area contributed by atoms with Gasteiger partial charge in [0.1, 0.15) is 0 Å². The molecule has 0 amide bonds. The van der Waals surface area contributed by atoms with E-state index in [1.54, 1.807) is 6.92 Å². The molecule has 0 radical (unpaired) electrons. The first-order valence-corrected chi connectivity index (χ1v) is 8.89. The molecule has 1 aliphatic heterocycles. The standard InChI is InChI=1S/C19H28O5/c1-10-4-6-19(23)8-13(14-9-24-15(14)5-7-20)11(2)17(21)18(22)16(10)12(19)3/h12-15,20-21,23H,4-9H2,1-3H3/b17-11+/t12-,13?,14-,15+,19+/m0/s1. The second kappa shape index (κ2) is 6.28. The Bertz CT molecular complexity index is 605. The van der Waals surface area contributed by atoms with E-state index in [9.17, 15) is 20.1 Å². The van der Waals surface area contributed by atoms with Gasteiger partial charge < -0.3 is 20.1 Å². The summed E-state index contributed by atoms with van der Waals surface area (Å²) in [7, 11) is 0. The molecular weight excluding hydrogens is 308 g/mol. The van der Waals surface area contributed by atoms with E-state index in [4.69, 9.17) is 4.74 Å². The number of aliphatic hydroxyl groups is 3. The van der Waals surface area contributed by atoms with Gasteiger partial charge in [-0.3, -0.25) is 4.79 Å². The van der Waals surface area contributed by atoms with E-state index < -0.39 is 5.60 Å². The second-order valence-corrected chi connectivity index (χ2v) is 7.74. The quantitative estimate of drug-likeness (QED) is 0.736. The van der Waals surface area contributed by atoms with Crippen molar-refractivity contribution in [1.82, 2.24) is 0 Å². The van der Waals surface area contributed by atoms with E-state index in [2.05, 4.69) is 0 Å². The Morgan fingerprint density at radius 3 is 2.62 bits per heavy atom. The Labute approximate surface area is 143 Å². The van der Waals surface area contributed by atoms with Crippen LogP contribution in [0.2, 0.25) is 0 Å². The van der Waals surface area contributed by atoms with Crippen molar-refractivity contribution in [3.8, 4) is 0 Å². The van der Waals surface area contributed by atoms with Gasteiger partial charge in [-0.1, -0.05) is 12.5 Å². The summed E-state index contributed by atoms with van der Waals surface area (Å²) >= 11 is 0. The number of carbonyl (C=O) groups excluding carboxylic acids is 1. The first-order chi connectivity index (χ1) is 11.3. The maximum atomic E-state index is 12.8. The van der Waals surface area contributed by atoms with Gasteiger partial charge in [-0.25, -0.2) is 0 Å². The first-order valence-electron chi connectivity index (χ1n) is 8.89. The summed E-state index contributed by atoms with van der Waals surface area (Å²) in [5, 5.41) is 31.0. The van der Waals surface area contributed by atoms with Gasteiger partial charge in [0.2, 0.25) is 5.78 Å². The van der Waals surface area contributed by atoms with Crippen LogP contribution in [-0.4, -0.2) is 46.0 Å². The van der Waals surface area contributed by atoms with Gasteiger partial charge in [-0.15, -0.1) is 0 Å². The normalized spacial score (nSPS) is 43.3. The van der Waals surface area contributed by atoms with Crippen molar-refractivity contribution in [2.24, 2.45) is 17.8 Å². The Morgan fingerprint density at radius 1 is 1.33 bits per heavy atom. The van der Waals surface area contributed by atoms with E-state index in [-0.39, 0.29) is 42.0 Å². The lowest BCUT2D eigenvalue weighted by Crippen LogP contribution is -2.51. The van der Waals surface area contributed by atoms with Crippen molar-refractivity contribution in [2.45, 2.75) is 58.2 Å². The number of carbonyl (C=O) groups is 1. The fourth-order valence-electron chi connectivity index (χ4n) is 4.69. The number of Topliss-reactive ketones (excluding diaryl/α,β-unsaturated/α-hetero) is 1. The molecule has 0 aromatic heterocycles. The third kappa shape index (κ3) is 2.63. The van der Waals surface area contributed by atoms with Gasteiger partial charge in [0.15, 0.2) is 5.76 Å². The smallest absolute Gasteiger partial charge is 0.223 e. The molecule has 134 valence electrons. The van der Waals surface area contributed by atoms with E-state index >= 15 is 0 Å². The maximum Gasteiger partial charge on any atom is 0.223 e. The largest absolute Gasteiger partial charge is 0.504 e. The molecular formula is C19H28O5. The molecule has 3 N–H and O–H groups in total. The molecule has 0 saturated carbocycles. The minimum Gasteiger partial charge on any atom is -0.504 e. The first kappa shape index (κ1) is 17.6. The summed E-state index contributed by atoms with van der Waals surface area (Å²) in [6.07, 6.45) is 2.31. The number of aliphatic hydroxyl groups excluding tert-OH is 2. The highest BCUT2D eigenvalue weighted by molar-refractivity contribution is 6.08. The fourth-order valence-corrected chi connectivity index (χ4v) is 4.69. The van der Waals surface area contributed by atoms with Gasteiger partial charge >= 0.3 is 0 Å². The van der Waals surface area contributed by atoms with Crippen LogP contribution >= 0.6 is 0 Å². The number of hydrogen-bond donors (Lipinski definition) is 3. The topological polar surface area (TPSA) is 87.0 Å². The zero-order valence-corrected chi connectivity index (χ0v) is 14.7. The molecule has 0 spiro atoms. The van der Waals surface area contributed by atoms with Crippen molar-refractivity contribution >= 4 is 5.78 Å². The summed E-state index contributed by atoms with van der Waals surface area (Å²) in [4.78, 5) is 12.8. The highest BCUT2D eigenvalue weighted by Gasteiger charge is 2.50. The third-order valence-electron chi connectivity index (χ3n) is 6.51. The van der Waals surface area contributed by atoms with Crippen LogP contribution in [0.25, 0.3) is 0 Å². The molecule has 1 fully saturated rings. The molecule has 5 heteroatoms. The van der Waals surface area contributed by atoms with E-state index in [1.807, 2.05) is 13.8 Å². The minimum absolute atomic E-state index is 0.0499. The summed E-state index contributed by atoms with van der Waals surface area (Å²) in [6, 6.07) is 0. The SMILES string of the molecule is CC1=C2C(=O)/C(O)=C(/C)C([C@@H]3CO[C@@H]3CCO)C[C@](O)(CC1)[C@H]2C. The molecule has 3 rings (SSSR count). The average molecular weight is 336 g/mol. The highest BCUT2D eigenvalue weighted by Crippen LogP contribution is 2.49. The summed E-state index contributed by atoms with van der Waals surface area (Å²) in [5.41, 5.74) is 1.26. The molecule has 3 aliphatic rings. The molecule has 1 saturated heterocycles. The van der Waals surface area contributed by atoms with Crippen LogP contribution in [0.15, 0.2) is 22.5 Å². The third-order valence-corrected chi connectivity index (χ3v) is 6.51. The molecule has 0 aromatic rings. The van der Waals surface area contributed by atoms with Crippen molar-refractivity contribution in [3.05, 3.63) is 22.5 Å². The van der Waals surface area contributed by atoms with Crippen molar-refractivity contribution < 1.29 is 24.9 Å². The molecule has 5 nitrogen and oxygen atoms in total. The fraction of sp³-hybridized carbons (Fsp3) is 0.737. The Morgan fingerprint density at radius 2 is 2.04 bits per heavy atom. The maximum absolute atomic E-state index is 12.8. The number of fused-ring (bicyclic) bond motifs is 2. The summed E-state index contributed by atoms with van der Waals surface area (Å²) in [6.45, 7) is 6.19. The van der Waals surface area contributed by atoms with E-state index in [1.165, 1.54) is 0 Å². The van der Waals surface area contributed by atoms with Crippen molar-refractivity contribution in [2.75, 3.05) is 13.2 Å². The lowest BCUT2D eigenvalue weighted by molar-refractivity contribution is -0.153. The van der Waals surface area contributed by atoms with Crippen LogP contribution in [0.3, 0.4) is 0 Å². The van der Waals surface area contributed by atoms with Crippen LogP contribution in [0.1, 0.15) is 46.5 Å². The molecule has 2 aliphatic carbocycles. The molecule has 0 aromatic carbocycles. The Kier molecular flexibility index (Phi) is 4.62. The zero-order valence-electron chi connectivity index (χ0n) is 14.7. The van der Waals surface area contributed by atoms with E-state index in [0.29, 0.717) is 43.4 Å². The number of ether oxygens (including phenoxy) is 1. The lowest BCUT2D eigenvalue weighted by Gasteiger charge is -2.49. The lowest BCUT2D eigenvalue weighted by atomic mass is 9.62. The Hall–Kier alpha value is -1.17. The van der Waals surface area contributed by atoms with Crippen LogP contribution in [0.4, 0.5) is 0 Å². The van der Waals surface area contributed by atoms with Crippen LogP contribution in [0.5, 0.6) is 0 Å². The predicted octanol–water partition coefficient (Wildman–Crippen LogP) is 2.28. The number of rotatable bonds is 3.